The zero-order valence-electron chi connectivity index (χ0n) is 15.2. The van der Waals surface area contributed by atoms with Gasteiger partial charge in [0.1, 0.15) is 11.6 Å². The SMILES string of the molecule is O=C(Cc1cc(Cl)cc2c1OCC2)N1CCCC(c2n[nH]c(C3CC3)n2)C1. The summed E-state index contributed by atoms with van der Waals surface area (Å²) in [5.41, 5.74) is 2.01. The number of aromatic amines is 1. The summed E-state index contributed by atoms with van der Waals surface area (Å²) >= 11 is 6.23. The molecule has 2 aromatic rings. The van der Waals surface area contributed by atoms with Gasteiger partial charge in [-0.05, 0) is 43.4 Å². The van der Waals surface area contributed by atoms with E-state index in [2.05, 4.69) is 10.2 Å². The first-order valence-corrected chi connectivity index (χ1v) is 10.2. The third kappa shape index (κ3) is 3.43. The van der Waals surface area contributed by atoms with E-state index in [0.29, 0.717) is 30.5 Å². The van der Waals surface area contributed by atoms with Gasteiger partial charge in [-0.1, -0.05) is 11.6 Å². The molecule has 1 amide bonds. The first-order valence-electron chi connectivity index (χ1n) is 9.81. The molecule has 5 rings (SSSR count). The monoisotopic (exact) mass is 386 g/mol. The minimum absolute atomic E-state index is 0.123. The molecule has 1 unspecified atom stereocenters. The molecule has 6 nitrogen and oxygen atoms in total. The van der Waals surface area contributed by atoms with Gasteiger partial charge in [-0.15, -0.1) is 0 Å². The summed E-state index contributed by atoms with van der Waals surface area (Å²) in [5, 5.41) is 8.19. The lowest BCUT2D eigenvalue weighted by molar-refractivity contribution is -0.131. The van der Waals surface area contributed by atoms with Crippen LogP contribution in [0, 0.1) is 0 Å². The van der Waals surface area contributed by atoms with Crippen molar-refractivity contribution >= 4 is 17.5 Å². The molecule has 1 aromatic carbocycles. The second-order valence-corrected chi connectivity index (χ2v) is 8.30. The molecular formula is C20H23ClN4O2. The summed E-state index contributed by atoms with van der Waals surface area (Å²) in [5.74, 6) is 3.63. The fourth-order valence-electron chi connectivity index (χ4n) is 4.18. The molecule has 3 heterocycles. The largest absolute Gasteiger partial charge is 0.493 e. The Hall–Kier alpha value is -2.08. The maximum absolute atomic E-state index is 13.0. The third-order valence-electron chi connectivity index (χ3n) is 5.79. The quantitative estimate of drug-likeness (QED) is 0.875. The Labute approximate surface area is 163 Å². The third-order valence-corrected chi connectivity index (χ3v) is 6.01. The predicted octanol–water partition coefficient (Wildman–Crippen LogP) is 3.22. The number of carbonyl (C=O) groups excluding carboxylic acids is 1. The average molecular weight is 387 g/mol. The van der Waals surface area contributed by atoms with Crippen molar-refractivity contribution in [1.82, 2.24) is 20.1 Å². The fourth-order valence-corrected chi connectivity index (χ4v) is 4.44. The number of hydrogen-bond donors (Lipinski definition) is 1. The number of hydrogen-bond acceptors (Lipinski definition) is 4. The lowest BCUT2D eigenvalue weighted by Gasteiger charge is -2.31. The van der Waals surface area contributed by atoms with E-state index in [-0.39, 0.29) is 11.8 Å². The number of H-pyrrole nitrogens is 1. The van der Waals surface area contributed by atoms with Crippen LogP contribution in [0.25, 0.3) is 0 Å². The van der Waals surface area contributed by atoms with E-state index in [9.17, 15) is 4.79 Å². The molecule has 2 aliphatic heterocycles. The van der Waals surface area contributed by atoms with Crippen LogP contribution < -0.4 is 4.74 Å². The van der Waals surface area contributed by atoms with Gasteiger partial charge in [0.05, 0.1) is 13.0 Å². The van der Waals surface area contributed by atoms with Crippen molar-refractivity contribution in [2.24, 2.45) is 0 Å². The molecule has 0 radical (unpaired) electrons. The molecule has 1 saturated heterocycles. The van der Waals surface area contributed by atoms with Crippen molar-refractivity contribution in [3.63, 3.8) is 0 Å². The van der Waals surface area contributed by atoms with Crippen molar-refractivity contribution in [2.75, 3.05) is 19.7 Å². The molecule has 1 atom stereocenters. The maximum Gasteiger partial charge on any atom is 0.227 e. The summed E-state index contributed by atoms with van der Waals surface area (Å²) in [6.07, 6.45) is 5.61. The van der Waals surface area contributed by atoms with Gasteiger partial charge in [0.15, 0.2) is 5.82 Å². The van der Waals surface area contributed by atoms with E-state index in [1.807, 2.05) is 17.0 Å². The summed E-state index contributed by atoms with van der Waals surface area (Å²) < 4.78 is 5.74. The molecule has 142 valence electrons. The van der Waals surface area contributed by atoms with Gasteiger partial charge in [-0.2, -0.15) is 5.10 Å². The van der Waals surface area contributed by atoms with E-state index >= 15 is 0 Å². The molecule has 0 spiro atoms. The number of piperidine rings is 1. The van der Waals surface area contributed by atoms with Gasteiger partial charge < -0.3 is 9.64 Å². The van der Waals surface area contributed by atoms with Crippen molar-refractivity contribution in [1.29, 1.82) is 0 Å². The highest BCUT2D eigenvalue weighted by molar-refractivity contribution is 6.30. The van der Waals surface area contributed by atoms with Crippen LogP contribution in [0.1, 0.15) is 60.3 Å². The van der Waals surface area contributed by atoms with Crippen LogP contribution in [0.2, 0.25) is 5.02 Å². The van der Waals surface area contributed by atoms with Gasteiger partial charge in [0, 0.05) is 41.9 Å². The number of benzene rings is 1. The van der Waals surface area contributed by atoms with E-state index in [1.54, 1.807) is 0 Å². The molecule has 1 aromatic heterocycles. The van der Waals surface area contributed by atoms with Gasteiger partial charge >= 0.3 is 0 Å². The predicted molar refractivity (Wildman–Crippen MR) is 101 cm³/mol. The number of amides is 1. The van der Waals surface area contributed by atoms with Crippen LogP contribution in [0.4, 0.5) is 0 Å². The number of ether oxygens (including phenoxy) is 1. The standard InChI is InChI=1S/C20H23ClN4O2/c21-16-8-13-5-7-27-18(13)15(9-16)10-17(26)25-6-1-2-14(11-25)20-22-19(23-24-20)12-3-4-12/h8-9,12,14H,1-7,10-11H2,(H,22,23,24). The Balaban J connectivity index is 1.29. The van der Waals surface area contributed by atoms with E-state index < -0.39 is 0 Å². The van der Waals surface area contributed by atoms with Crippen LogP contribution >= 0.6 is 11.6 Å². The first-order chi connectivity index (χ1) is 13.2. The van der Waals surface area contributed by atoms with Crippen LogP contribution in [0.5, 0.6) is 5.75 Å². The van der Waals surface area contributed by atoms with E-state index in [4.69, 9.17) is 21.3 Å². The normalized spacial score (nSPS) is 21.8. The van der Waals surface area contributed by atoms with Gasteiger partial charge in [-0.25, -0.2) is 4.98 Å². The number of nitrogens with one attached hydrogen (secondary N) is 1. The number of likely N-dealkylation sites (tertiary alicyclic amines) is 1. The molecule has 3 aliphatic rings. The fraction of sp³-hybridized carbons (Fsp3) is 0.550. The smallest absolute Gasteiger partial charge is 0.227 e. The van der Waals surface area contributed by atoms with Crippen LogP contribution in [-0.4, -0.2) is 45.7 Å². The number of fused-ring (bicyclic) bond motifs is 1. The van der Waals surface area contributed by atoms with Crippen LogP contribution in [0.15, 0.2) is 12.1 Å². The number of halogens is 1. The second kappa shape index (κ2) is 6.82. The minimum atomic E-state index is 0.123. The summed E-state index contributed by atoms with van der Waals surface area (Å²) in [7, 11) is 0. The van der Waals surface area contributed by atoms with Crippen molar-refractivity contribution < 1.29 is 9.53 Å². The lowest BCUT2D eigenvalue weighted by atomic mass is 9.96. The van der Waals surface area contributed by atoms with Gasteiger partial charge in [-0.3, -0.25) is 9.89 Å². The Kier molecular flexibility index (Phi) is 4.31. The van der Waals surface area contributed by atoms with Crippen molar-refractivity contribution in [3.05, 3.63) is 39.9 Å². The Bertz CT molecular complexity index is 877. The number of nitrogens with zero attached hydrogens (tertiary/aromatic N) is 3. The molecule has 1 saturated carbocycles. The number of carbonyl (C=O) groups is 1. The second-order valence-electron chi connectivity index (χ2n) is 7.86. The molecule has 7 heteroatoms. The van der Waals surface area contributed by atoms with Crippen molar-refractivity contribution in [2.45, 2.75) is 50.4 Å². The van der Waals surface area contributed by atoms with Crippen LogP contribution in [-0.2, 0) is 17.6 Å². The molecule has 1 N–H and O–H groups in total. The first kappa shape index (κ1) is 17.0. The summed E-state index contributed by atoms with van der Waals surface area (Å²) in [4.78, 5) is 19.6. The van der Waals surface area contributed by atoms with Gasteiger partial charge in [0.25, 0.3) is 0 Å². The molecule has 2 fully saturated rings. The zero-order valence-corrected chi connectivity index (χ0v) is 16.0. The Morgan fingerprint density at radius 1 is 1.30 bits per heavy atom. The van der Waals surface area contributed by atoms with Crippen molar-refractivity contribution in [3.8, 4) is 5.75 Å². The number of aromatic nitrogens is 3. The highest BCUT2D eigenvalue weighted by Gasteiger charge is 2.31. The minimum Gasteiger partial charge on any atom is -0.493 e. The summed E-state index contributed by atoms with van der Waals surface area (Å²) in [6.45, 7) is 2.14. The molecular weight excluding hydrogens is 364 g/mol. The molecule has 1 aliphatic carbocycles. The highest BCUT2D eigenvalue weighted by Crippen LogP contribution is 2.38. The molecule has 0 bridgehead atoms. The van der Waals surface area contributed by atoms with E-state index in [1.165, 1.54) is 12.8 Å². The maximum atomic E-state index is 13.0. The highest BCUT2D eigenvalue weighted by atomic mass is 35.5. The van der Waals surface area contributed by atoms with E-state index in [0.717, 1.165) is 54.3 Å². The number of rotatable bonds is 4. The van der Waals surface area contributed by atoms with Gasteiger partial charge in [0.2, 0.25) is 5.91 Å². The Morgan fingerprint density at radius 2 is 2.19 bits per heavy atom. The topological polar surface area (TPSA) is 71.1 Å². The average Bonchev–Trinajstić information content (AvgIpc) is 3.20. The van der Waals surface area contributed by atoms with Crippen LogP contribution in [0.3, 0.4) is 0 Å². The Morgan fingerprint density at radius 3 is 3.04 bits per heavy atom. The lowest BCUT2D eigenvalue weighted by Crippen LogP contribution is -2.40. The zero-order chi connectivity index (χ0) is 18.4. The summed E-state index contributed by atoms with van der Waals surface area (Å²) in [6, 6.07) is 3.80. The molecule has 27 heavy (non-hydrogen) atoms.